The molecule has 0 bridgehead atoms. The van der Waals surface area contributed by atoms with E-state index in [-0.39, 0.29) is 24.4 Å². The molecule has 1 heterocycles. The van der Waals surface area contributed by atoms with E-state index in [4.69, 9.17) is 4.74 Å². The highest BCUT2D eigenvalue weighted by molar-refractivity contribution is 8.00. The average molecular weight is 294 g/mol. The SMILES string of the molecule is COCC(C)NC(=O)CN1C(=O)CSc2ccccc21. The molecule has 0 aliphatic carbocycles. The molecule has 20 heavy (non-hydrogen) atoms. The number of thioether (sulfide) groups is 1. The summed E-state index contributed by atoms with van der Waals surface area (Å²) in [5.74, 6) is 0.158. The molecule has 1 N–H and O–H groups in total. The summed E-state index contributed by atoms with van der Waals surface area (Å²) in [6.07, 6.45) is 0. The van der Waals surface area contributed by atoms with Crippen molar-refractivity contribution in [3.63, 3.8) is 0 Å². The number of anilines is 1. The van der Waals surface area contributed by atoms with Crippen LogP contribution in [0.2, 0.25) is 0 Å². The Hall–Kier alpha value is -1.53. The Labute approximate surface area is 122 Å². The fourth-order valence-corrected chi connectivity index (χ4v) is 3.02. The van der Waals surface area contributed by atoms with Crippen LogP contribution in [-0.2, 0) is 14.3 Å². The van der Waals surface area contributed by atoms with Crippen molar-refractivity contribution in [3.05, 3.63) is 24.3 Å². The third kappa shape index (κ3) is 3.52. The number of hydrogen-bond donors (Lipinski definition) is 1. The lowest BCUT2D eigenvalue weighted by Gasteiger charge is -2.28. The molecule has 0 saturated heterocycles. The Balaban J connectivity index is 2.05. The number of ether oxygens (including phenoxy) is 1. The minimum atomic E-state index is -0.176. The Morgan fingerprint density at radius 3 is 3.00 bits per heavy atom. The van der Waals surface area contributed by atoms with Crippen LogP contribution in [0.1, 0.15) is 6.92 Å². The molecule has 0 aromatic heterocycles. The molecule has 1 unspecified atom stereocenters. The maximum atomic E-state index is 12.0. The van der Waals surface area contributed by atoms with Gasteiger partial charge in [-0.1, -0.05) is 12.1 Å². The number of carbonyl (C=O) groups is 2. The standard InChI is InChI=1S/C14H18N2O3S/c1-10(8-19-2)15-13(17)7-16-11-5-3-4-6-12(11)20-9-14(16)18/h3-6,10H,7-9H2,1-2H3,(H,15,17). The Morgan fingerprint density at radius 2 is 2.25 bits per heavy atom. The zero-order valence-corrected chi connectivity index (χ0v) is 12.4. The number of amides is 2. The molecule has 1 aromatic carbocycles. The molecule has 108 valence electrons. The predicted molar refractivity (Wildman–Crippen MR) is 79.0 cm³/mol. The lowest BCUT2D eigenvalue weighted by Crippen LogP contribution is -2.46. The molecule has 0 spiro atoms. The van der Waals surface area contributed by atoms with E-state index in [9.17, 15) is 9.59 Å². The van der Waals surface area contributed by atoms with E-state index in [1.54, 1.807) is 12.0 Å². The van der Waals surface area contributed by atoms with Crippen LogP contribution in [0, 0.1) is 0 Å². The monoisotopic (exact) mass is 294 g/mol. The summed E-state index contributed by atoms with van der Waals surface area (Å²) in [6, 6.07) is 7.56. The summed E-state index contributed by atoms with van der Waals surface area (Å²) in [7, 11) is 1.59. The van der Waals surface area contributed by atoms with Crippen molar-refractivity contribution in [3.8, 4) is 0 Å². The molecular formula is C14H18N2O3S. The third-order valence-corrected chi connectivity index (χ3v) is 3.98. The van der Waals surface area contributed by atoms with Crippen molar-refractivity contribution in [2.24, 2.45) is 0 Å². The number of para-hydroxylation sites is 1. The van der Waals surface area contributed by atoms with Crippen LogP contribution in [-0.4, -0.2) is 43.9 Å². The molecule has 5 nitrogen and oxygen atoms in total. The van der Waals surface area contributed by atoms with Crippen LogP contribution in [0.5, 0.6) is 0 Å². The second kappa shape index (κ2) is 6.76. The topological polar surface area (TPSA) is 58.6 Å². The normalized spacial score (nSPS) is 15.7. The molecule has 6 heteroatoms. The number of nitrogens with one attached hydrogen (secondary N) is 1. The Morgan fingerprint density at radius 1 is 1.50 bits per heavy atom. The molecule has 0 saturated carbocycles. The van der Waals surface area contributed by atoms with Gasteiger partial charge in [0, 0.05) is 18.0 Å². The zero-order chi connectivity index (χ0) is 14.5. The minimum Gasteiger partial charge on any atom is -0.383 e. The summed E-state index contributed by atoms with van der Waals surface area (Å²) in [6.45, 7) is 2.36. The van der Waals surface area contributed by atoms with Gasteiger partial charge in [-0.2, -0.15) is 0 Å². The second-order valence-electron chi connectivity index (χ2n) is 4.66. The third-order valence-electron chi connectivity index (χ3n) is 2.93. The van der Waals surface area contributed by atoms with Crippen molar-refractivity contribution in [1.82, 2.24) is 5.32 Å². The summed E-state index contributed by atoms with van der Waals surface area (Å²) in [5.41, 5.74) is 0.809. The summed E-state index contributed by atoms with van der Waals surface area (Å²) >= 11 is 1.51. The fourth-order valence-electron chi connectivity index (χ4n) is 2.08. The quantitative estimate of drug-likeness (QED) is 0.888. The van der Waals surface area contributed by atoms with Crippen LogP contribution in [0.4, 0.5) is 5.69 Å². The lowest BCUT2D eigenvalue weighted by atomic mass is 10.2. The maximum absolute atomic E-state index is 12.0. The van der Waals surface area contributed by atoms with E-state index in [1.807, 2.05) is 31.2 Å². The first-order valence-electron chi connectivity index (χ1n) is 6.42. The number of nitrogens with zero attached hydrogens (tertiary/aromatic N) is 1. The van der Waals surface area contributed by atoms with Gasteiger partial charge in [-0.15, -0.1) is 11.8 Å². The van der Waals surface area contributed by atoms with Gasteiger partial charge in [-0.05, 0) is 19.1 Å². The van der Waals surface area contributed by atoms with Gasteiger partial charge in [0.2, 0.25) is 11.8 Å². The van der Waals surface area contributed by atoms with Gasteiger partial charge in [0.25, 0.3) is 0 Å². The second-order valence-corrected chi connectivity index (χ2v) is 5.68. The summed E-state index contributed by atoms with van der Waals surface area (Å²) < 4.78 is 4.97. The minimum absolute atomic E-state index is 0.0387. The van der Waals surface area contributed by atoms with Crippen molar-refractivity contribution in [1.29, 1.82) is 0 Å². The molecule has 1 atom stereocenters. The lowest BCUT2D eigenvalue weighted by molar-refractivity contribution is -0.123. The van der Waals surface area contributed by atoms with E-state index >= 15 is 0 Å². The van der Waals surface area contributed by atoms with Gasteiger partial charge in [-0.3, -0.25) is 9.59 Å². The van der Waals surface area contributed by atoms with Crippen molar-refractivity contribution in [2.75, 3.05) is 30.9 Å². The van der Waals surface area contributed by atoms with E-state index in [0.29, 0.717) is 12.4 Å². The van der Waals surface area contributed by atoms with Crippen LogP contribution >= 0.6 is 11.8 Å². The van der Waals surface area contributed by atoms with Crippen molar-refractivity contribution >= 4 is 29.3 Å². The Bertz CT molecular complexity index is 507. The smallest absolute Gasteiger partial charge is 0.240 e. The van der Waals surface area contributed by atoms with Crippen molar-refractivity contribution < 1.29 is 14.3 Å². The number of rotatable bonds is 5. The molecule has 0 radical (unpaired) electrons. The highest BCUT2D eigenvalue weighted by atomic mass is 32.2. The molecule has 1 aliphatic heterocycles. The van der Waals surface area contributed by atoms with Crippen LogP contribution in [0.25, 0.3) is 0 Å². The van der Waals surface area contributed by atoms with Crippen molar-refractivity contribution in [2.45, 2.75) is 17.9 Å². The number of methoxy groups -OCH3 is 1. The first-order chi connectivity index (χ1) is 9.61. The molecule has 0 fully saturated rings. The van der Waals surface area contributed by atoms with E-state index in [2.05, 4.69) is 5.32 Å². The van der Waals surface area contributed by atoms with Gasteiger partial charge in [0.1, 0.15) is 6.54 Å². The first-order valence-corrected chi connectivity index (χ1v) is 7.41. The van der Waals surface area contributed by atoms with Crippen LogP contribution in [0.15, 0.2) is 29.2 Å². The van der Waals surface area contributed by atoms with Gasteiger partial charge in [0.15, 0.2) is 0 Å². The average Bonchev–Trinajstić information content (AvgIpc) is 2.42. The largest absolute Gasteiger partial charge is 0.383 e. The van der Waals surface area contributed by atoms with E-state index in [0.717, 1.165) is 10.6 Å². The number of hydrogen-bond acceptors (Lipinski definition) is 4. The van der Waals surface area contributed by atoms with Gasteiger partial charge >= 0.3 is 0 Å². The predicted octanol–water partition coefficient (Wildman–Crippen LogP) is 1.28. The summed E-state index contributed by atoms with van der Waals surface area (Å²) in [5, 5.41) is 2.81. The van der Waals surface area contributed by atoms with Gasteiger partial charge < -0.3 is 15.0 Å². The first kappa shape index (κ1) is 14.9. The fraction of sp³-hybridized carbons (Fsp3) is 0.429. The number of fused-ring (bicyclic) bond motifs is 1. The molecule has 1 aliphatic rings. The molecule has 2 amide bonds. The van der Waals surface area contributed by atoms with E-state index < -0.39 is 0 Å². The zero-order valence-electron chi connectivity index (χ0n) is 11.6. The van der Waals surface area contributed by atoms with Gasteiger partial charge in [0.05, 0.1) is 18.0 Å². The number of benzene rings is 1. The van der Waals surface area contributed by atoms with Crippen LogP contribution < -0.4 is 10.2 Å². The summed E-state index contributed by atoms with van der Waals surface area (Å²) in [4.78, 5) is 26.6. The molecular weight excluding hydrogens is 276 g/mol. The highest BCUT2D eigenvalue weighted by Crippen LogP contribution is 2.34. The van der Waals surface area contributed by atoms with Gasteiger partial charge in [-0.25, -0.2) is 0 Å². The molecule has 1 aromatic rings. The molecule has 2 rings (SSSR count). The number of carbonyl (C=O) groups excluding carboxylic acids is 2. The van der Waals surface area contributed by atoms with Crippen LogP contribution in [0.3, 0.4) is 0 Å². The van der Waals surface area contributed by atoms with E-state index in [1.165, 1.54) is 11.8 Å². The Kier molecular flexibility index (Phi) is 5.03. The maximum Gasteiger partial charge on any atom is 0.240 e. The highest BCUT2D eigenvalue weighted by Gasteiger charge is 2.26.